The molecule has 0 atom stereocenters. The molecule has 3 aromatic rings. The van der Waals surface area contributed by atoms with Gasteiger partial charge in [0.05, 0.1) is 39.0 Å². The monoisotopic (exact) mass is 814 g/mol. The number of fused-ring (bicyclic) bond motifs is 8. The zero-order valence-corrected chi connectivity index (χ0v) is 22.7. The van der Waals surface area contributed by atoms with Crippen molar-refractivity contribution in [1.29, 1.82) is 0 Å². The summed E-state index contributed by atoms with van der Waals surface area (Å²) < 4.78 is 4.62. The van der Waals surface area contributed by atoms with Gasteiger partial charge in [-0.3, -0.25) is 0 Å². The van der Waals surface area contributed by atoms with Crippen LogP contribution in [0.3, 0.4) is 0 Å². The van der Waals surface area contributed by atoms with Crippen LogP contribution in [0, 0.1) is 7.14 Å². The lowest BCUT2D eigenvalue weighted by atomic mass is 10.3. The van der Waals surface area contributed by atoms with E-state index in [0.29, 0.717) is 0 Å². The summed E-state index contributed by atoms with van der Waals surface area (Å²) in [7, 11) is 0. The quantitative estimate of drug-likeness (QED) is 0.182. The van der Waals surface area contributed by atoms with Gasteiger partial charge in [-0.15, -0.1) is 0 Å². The first-order chi connectivity index (χ1) is 13.5. The summed E-state index contributed by atoms with van der Waals surface area (Å²) in [5, 5.41) is 0. The van der Waals surface area contributed by atoms with Gasteiger partial charge in [-0.2, -0.15) is 0 Å². The predicted molar refractivity (Wildman–Crippen MR) is 150 cm³/mol. The van der Waals surface area contributed by atoms with E-state index in [0.717, 1.165) is 52.0 Å². The molecule has 0 amide bonds. The molecule has 8 bridgehead atoms. The van der Waals surface area contributed by atoms with E-state index in [9.17, 15) is 0 Å². The van der Waals surface area contributed by atoms with E-state index in [1.54, 1.807) is 0 Å². The molecule has 0 saturated carbocycles. The van der Waals surface area contributed by atoms with Gasteiger partial charge in [-0.1, -0.05) is 0 Å². The second kappa shape index (κ2) is 7.65. The van der Waals surface area contributed by atoms with Crippen molar-refractivity contribution in [3.05, 3.63) is 66.3 Å². The molecule has 4 nitrogen and oxygen atoms in total. The molecule has 0 spiro atoms. The van der Waals surface area contributed by atoms with E-state index in [4.69, 9.17) is 9.97 Å². The molecule has 5 heterocycles. The van der Waals surface area contributed by atoms with Crippen molar-refractivity contribution in [1.82, 2.24) is 19.9 Å². The summed E-state index contributed by atoms with van der Waals surface area (Å²) in [6.07, 6.45) is 4.07. The molecule has 0 radical (unpaired) electrons. The van der Waals surface area contributed by atoms with Crippen molar-refractivity contribution in [2.75, 3.05) is 0 Å². The summed E-state index contributed by atoms with van der Waals surface area (Å²) in [6.45, 7) is 0. The first-order valence-electron chi connectivity index (χ1n) is 8.28. The smallest absolute Gasteiger partial charge is 0.0937 e. The van der Waals surface area contributed by atoms with Gasteiger partial charge in [0.25, 0.3) is 0 Å². The highest BCUT2D eigenvalue weighted by Crippen LogP contribution is 2.41. The minimum Gasteiger partial charge on any atom is -0.355 e. The van der Waals surface area contributed by atoms with E-state index in [2.05, 4.69) is 137 Å². The highest BCUT2D eigenvalue weighted by molar-refractivity contribution is 14.1. The molecule has 28 heavy (non-hydrogen) atoms. The molecule has 0 aliphatic carbocycles. The Hall–Kier alpha value is -0.480. The average Bonchev–Trinajstić information content (AvgIpc) is 3.42. The van der Waals surface area contributed by atoms with Crippen molar-refractivity contribution < 1.29 is 0 Å². The second-order valence-corrected chi connectivity index (χ2v) is 10.7. The van der Waals surface area contributed by atoms with E-state index in [1.165, 1.54) is 7.15 Å². The van der Waals surface area contributed by atoms with Crippen molar-refractivity contribution in [2.24, 2.45) is 0 Å². The number of rotatable bonds is 0. The van der Waals surface area contributed by atoms with Gasteiger partial charge in [0.1, 0.15) is 0 Å². The Morgan fingerprint density at radius 1 is 0.679 bits per heavy atom. The molecule has 3 aromatic heterocycles. The van der Waals surface area contributed by atoms with Crippen LogP contribution in [-0.2, 0) is 0 Å². The number of hydrogen-bond acceptors (Lipinski definition) is 2. The number of hydrogen-bond donors (Lipinski definition) is 2. The van der Waals surface area contributed by atoms with Gasteiger partial charge < -0.3 is 9.97 Å². The van der Waals surface area contributed by atoms with Crippen molar-refractivity contribution >= 4 is 132 Å². The van der Waals surface area contributed by atoms with Crippen LogP contribution in [0.25, 0.3) is 41.4 Å². The average molecular weight is 814 g/mol. The second-order valence-electron chi connectivity index (χ2n) is 6.33. The van der Waals surface area contributed by atoms with Crippen molar-refractivity contribution in [2.45, 2.75) is 0 Å². The Bertz CT molecular complexity index is 1360. The predicted octanol–water partition coefficient (Wildman–Crippen LogP) is 7.39. The van der Waals surface area contributed by atoms with Crippen LogP contribution < -0.4 is 0 Å². The van der Waals surface area contributed by atoms with E-state index in [-0.39, 0.29) is 0 Å². The van der Waals surface area contributed by atoms with Crippen LogP contribution in [0.15, 0.2) is 36.4 Å². The minimum absolute atomic E-state index is 0.918. The van der Waals surface area contributed by atoms with E-state index >= 15 is 0 Å². The fourth-order valence-corrected chi connectivity index (χ4v) is 6.89. The maximum atomic E-state index is 4.93. The van der Waals surface area contributed by atoms with Gasteiger partial charge in [0.2, 0.25) is 0 Å². The van der Waals surface area contributed by atoms with Crippen LogP contribution in [-0.4, -0.2) is 19.9 Å². The third-order valence-electron chi connectivity index (χ3n) is 4.39. The third kappa shape index (κ3) is 3.57. The number of nitrogens with zero attached hydrogens (tertiary/aromatic N) is 2. The summed E-state index contributed by atoms with van der Waals surface area (Å²) in [5.74, 6) is 0. The topological polar surface area (TPSA) is 57.4 Å². The Balaban J connectivity index is 1.94. The SMILES string of the molecule is IC1=C(I)c2nc1cc1nc(cc3ccc(cc4cc(I)c([nH]4)c2I)[nH]3)C=C1. The molecule has 5 rings (SSSR count). The van der Waals surface area contributed by atoms with Crippen LogP contribution in [0.5, 0.6) is 0 Å². The molecule has 0 aromatic carbocycles. The lowest BCUT2D eigenvalue weighted by Crippen LogP contribution is -1.84. The van der Waals surface area contributed by atoms with Gasteiger partial charge in [-0.25, -0.2) is 9.97 Å². The zero-order valence-electron chi connectivity index (χ0n) is 14.0. The summed E-state index contributed by atoms with van der Waals surface area (Å²) in [6, 6.07) is 12.5. The van der Waals surface area contributed by atoms with Gasteiger partial charge >= 0.3 is 0 Å². The molecule has 0 saturated heterocycles. The van der Waals surface area contributed by atoms with Crippen LogP contribution in [0.1, 0.15) is 22.8 Å². The number of halogens is 4. The van der Waals surface area contributed by atoms with E-state index in [1.807, 2.05) is 12.2 Å². The molecular weight excluding hydrogens is 804 g/mol. The number of aromatic amines is 2. The number of H-pyrrole nitrogens is 2. The first-order valence-corrected chi connectivity index (χ1v) is 12.6. The highest BCUT2D eigenvalue weighted by atomic mass is 127. The highest BCUT2D eigenvalue weighted by Gasteiger charge is 2.20. The summed E-state index contributed by atoms with van der Waals surface area (Å²) in [5.41, 5.74) is 8.06. The molecule has 2 aliphatic heterocycles. The molecule has 138 valence electrons. The maximum Gasteiger partial charge on any atom is 0.0937 e. The molecule has 2 N–H and O–H groups in total. The van der Waals surface area contributed by atoms with Crippen molar-refractivity contribution in [3.63, 3.8) is 0 Å². The lowest BCUT2D eigenvalue weighted by molar-refractivity contribution is 1.27. The third-order valence-corrected chi connectivity index (χ3v) is 9.46. The van der Waals surface area contributed by atoms with Gasteiger partial charge in [0.15, 0.2) is 0 Å². The molecule has 0 fully saturated rings. The summed E-state index contributed by atoms with van der Waals surface area (Å²) in [4.78, 5) is 16.6. The van der Waals surface area contributed by atoms with Gasteiger partial charge in [-0.05, 0) is 139 Å². The maximum absolute atomic E-state index is 4.93. The van der Waals surface area contributed by atoms with Gasteiger partial charge in [0, 0.05) is 20.1 Å². The first kappa shape index (κ1) is 19.5. The Morgan fingerprint density at radius 3 is 2.18 bits per heavy atom. The van der Waals surface area contributed by atoms with Crippen LogP contribution >= 0.6 is 90.4 Å². The fourth-order valence-electron chi connectivity index (χ4n) is 3.10. The zero-order chi connectivity index (χ0) is 19.4. The Kier molecular flexibility index (Phi) is 5.32. The minimum atomic E-state index is 0.918. The summed E-state index contributed by atoms with van der Waals surface area (Å²) >= 11 is 9.55. The molecule has 0 unspecified atom stereocenters. The lowest BCUT2D eigenvalue weighted by Gasteiger charge is -1.96. The molecule has 8 heteroatoms. The number of nitrogens with one attached hydrogen (secondary N) is 2. The normalized spacial score (nSPS) is 13.4. The molecular formula is C20H10I4N4. The standard InChI is InChI=1S/C20H10I4N4/c21-14-7-13-6-11-2-1-9(25-11)5-10-3-4-12(26-10)8-15-16(22)17(23)20(28-15)18(24)19(14)27-13/h1-8,25,27H. The molecule has 2 aliphatic rings. The largest absolute Gasteiger partial charge is 0.355 e. The van der Waals surface area contributed by atoms with Crippen LogP contribution in [0.2, 0.25) is 0 Å². The Labute approximate surface area is 215 Å². The van der Waals surface area contributed by atoms with Crippen LogP contribution in [0.4, 0.5) is 0 Å². The Morgan fingerprint density at radius 2 is 1.39 bits per heavy atom. The van der Waals surface area contributed by atoms with E-state index < -0.39 is 0 Å². The van der Waals surface area contributed by atoms with Crippen molar-refractivity contribution in [3.8, 4) is 0 Å². The number of aromatic nitrogens is 4. The fraction of sp³-hybridized carbons (Fsp3) is 0.